The van der Waals surface area contributed by atoms with Crippen molar-refractivity contribution in [2.24, 2.45) is 0 Å². The zero-order valence-electron chi connectivity index (χ0n) is 16.4. The predicted molar refractivity (Wildman–Crippen MR) is 110 cm³/mol. The van der Waals surface area contributed by atoms with E-state index in [1.165, 1.54) is 18.6 Å². The standard InChI is InChI=1S/C21H27N3O3S/c1-3-24(18-9-5-4-6-10-18)28(26,27)19-14-12-17(13-15-19)21(25)23-20-11-7-8-16(2)22-20/h7-8,11-15,18H,3-6,9-10H2,1-2H3,(H,22,23,25). The number of amides is 1. The molecule has 7 heteroatoms. The molecule has 0 bridgehead atoms. The van der Waals surface area contributed by atoms with Gasteiger partial charge in [0.05, 0.1) is 4.90 Å². The molecular weight excluding hydrogens is 374 g/mol. The van der Waals surface area contributed by atoms with E-state index in [0.29, 0.717) is 17.9 Å². The number of hydrogen-bond donors (Lipinski definition) is 1. The Bertz CT molecular complexity index is 920. The van der Waals surface area contributed by atoms with Crippen molar-refractivity contribution in [1.82, 2.24) is 9.29 Å². The van der Waals surface area contributed by atoms with E-state index in [-0.39, 0.29) is 16.8 Å². The number of anilines is 1. The zero-order chi connectivity index (χ0) is 20.1. The molecule has 0 unspecified atom stereocenters. The third-order valence-corrected chi connectivity index (χ3v) is 7.19. The van der Waals surface area contributed by atoms with Crippen molar-refractivity contribution in [1.29, 1.82) is 0 Å². The van der Waals surface area contributed by atoms with E-state index in [9.17, 15) is 13.2 Å². The highest BCUT2D eigenvalue weighted by molar-refractivity contribution is 7.89. The monoisotopic (exact) mass is 401 g/mol. The van der Waals surface area contributed by atoms with Gasteiger partial charge >= 0.3 is 0 Å². The van der Waals surface area contributed by atoms with Gasteiger partial charge in [0, 0.05) is 23.8 Å². The summed E-state index contributed by atoms with van der Waals surface area (Å²) in [6.07, 6.45) is 5.15. The second-order valence-electron chi connectivity index (χ2n) is 7.14. The van der Waals surface area contributed by atoms with Gasteiger partial charge in [0.1, 0.15) is 5.82 Å². The largest absolute Gasteiger partial charge is 0.307 e. The molecule has 1 heterocycles. The number of sulfonamides is 1. The molecule has 1 saturated carbocycles. The summed E-state index contributed by atoms with van der Waals surface area (Å²) in [5.41, 5.74) is 1.20. The van der Waals surface area contributed by atoms with Crippen molar-refractivity contribution in [3.8, 4) is 0 Å². The molecule has 1 aliphatic rings. The van der Waals surface area contributed by atoms with Crippen LogP contribution in [0.1, 0.15) is 55.1 Å². The maximum Gasteiger partial charge on any atom is 0.256 e. The number of pyridine rings is 1. The Kier molecular flexibility index (Phi) is 6.46. The molecule has 6 nitrogen and oxygen atoms in total. The van der Waals surface area contributed by atoms with Gasteiger partial charge < -0.3 is 5.32 Å². The van der Waals surface area contributed by atoms with Crippen molar-refractivity contribution >= 4 is 21.7 Å². The molecule has 1 amide bonds. The number of benzene rings is 1. The fourth-order valence-corrected chi connectivity index (χ4v) is 5.40. The molecular formula is C21H27N3O3S. The van der Waals surface area contributed by atoms with Gasteiger partial charge in [-0.25, -0.2) is 13.4 Å². The summed E-state index contributed by atoms with van der Waals surface area (Å²) >= 11 is 0. The summed E-state index contributed by atoms with van der Waals surface area (Å²) in [7, 11) is -3.57. The number of carbonyl (C=O) groups excluding carboxylic acids is 1. The zero-order valence-corrected chi connectivity index (χ0v) is 17.2. The van der Waals surface area contributed by atoms with Crippen molar-refractivity contribution in [3.05, 3.63) is 53.7 Å². The molecule has 1 fully saturated rings. The molecule has 0 saturated heterocycles. The van der Waals surface area contributed by atoms with Crippen LogP contribution < -0.4 is 5.32 Å². The number of carbonyl (C=O) groups is 1. The van der Waals surface area contributed by atoms with Gasteiger partial charge in [-0.1, -0.05) is 32.3 Å². The van der Waals surface area contributed by atoms with Crippen LogP contribution in [0.2, 0.25) is 0 Å². The number of aryl methyl sites for hydroxylation is 1. The number of aromatic nitrogens is 1. The molecule has 0 atom stereocenters. The summed E-state index contributed by atoms with van der Waals surface area (Å²) in [5.74, 6) is 0.151. The van der Waals surface area contributed by atoms with Gasteiger partial charge in [0.25, 0.3) is 5.91 Å². The van der Waals surface area contributed by atoms with Crippen molar-refractivity contribution < 1.29 is 13.2 Å². The van der Waals surface area contributed by atoms with E-state index in [0.717, 1.165) is 31.4 Å². The van der Waals surface area contributed by atoms with E-state index in [1.54, 1.807) is 22.5 Å². The second kappa shape index (κ2) is 8.84. The topological polar surface area (TPSA) is 79.4 Å². The van der Waals surface area contributed by atoms with Gasteiger partial charge in [0.2, 0.25) is 10.0 Å². The van der Waals surface area contributed by atoms with E-state index in [1.807, 2.05) is 26.0 Å². The fraction of sp³-hybridized carbons (Fsp3) is 0.429. The number of nitrogens with zero attached hydrogens (tertiary/aromatic N) is 2. The van der Waals surface area contributed by atoms with Gasteiger partial charge in [-0.15, -0.1) is 0 Å². The minimum Gasteiger partial charge on any atom is -0.307 e. The summed E-state index contributed by atoms with van der Waals surface area (Å²) in [6.45, 7) is 4.18. The van der Waals surface area contributed by atoms with Crippen LogP contribution in [0.3, 0.4) is 0 Å². The highest BCUT2D eigenvalue weighted by Crippen LogP contribution is 2.27. The summed E-state index contributed by atoms with van der Waals surface area (Å²) in [6, 6.07) is 11.6. The van der Waals surface area contributed by atoms with E-state index >= 15 is 0 Å². The highest BCUT2D eigenvalue weighted by atomic mass is 32.2. The molecule has 2 aromatic rings. The van der Waals surface area contributed by atoms with E-state index < -0.39 is 10.0 Å². The maximum absolute atomic E-state index is 13.1. The minimum atomic E-state index is -3.57. The first-order valence-electron chi connectivity index (χ1n) is 9.78. The van der Waals surface area contributed by atoms with Crippen LogP contribution in [0.25, 0.3) is 0 Å². The Morgan fingerprint density at radius 2 is 1.79 bits per heavy atom. The molecule has 1 aromatic heterocycles. The smallest absolute Gasteiger partial charge is 0.256 e. The minimum absolute atomic E-state index is 0.0686. The fourth-order valence-electron chi connectivity index (χ4n) is 3.71. The van der Waals surface area contributed by atoms with Crippen LogP contribution in [0, 0.1) is 6.92 Å². The summed E-state index contributed by atoms with van der Waals surface area (Å²) in [4.78, 5) is 16.9. The first-order chi connectivity index (χ1) is 13.4. The Balaban J connectivity index is 1.75. The number of nitrogens with one attached hydrogen (secondary N) is 1. The highest BCUT2D eigenvalue weighted by Gasteiger charge is 2.31. The molecule has 1 N–H and O–H groups in total. The Hall–Kier alpha value is -2.25. The lowest BCUT2D eigenvalue weighted by Gasteiger charge is -2.32. The lowest BCUT2D eigenvalue weighted by molar-refractivity contribution is 0.102. The average Bonchev–Trinajstić information content (AvgIpc) is 2.69. The van der Waals surface area contributed by atoms with Gasteiger partial charge in [0.15, 0.2) is 0 Å². The quantitative estimate of drug-likeness (QED) is 0.794. The molecule has 1 aliphatic carbocycles. The number of hydrogen-bond acceptors (Lipinski definition) is 4. The van der Waals surface area contributed by atoms with Gasteiger partial charge in [-0.3, -0.25) is 4.79 Å². The lowest BCUT2D eigenvalue weighted by atomic mass is 9.95. The molecule has 3 rings (SSSR count). The van der Waals surface area contributed by atoms with Crippen LogP contribution in [-0.2, 0) is 10.0 Å². The van der Waals surface area contributed by atoms with Gasteiger partial charge in [-0.2, -0.15) is 4.31 Å². The molecule has 0 aliphatic heterocycles. The van der Waals surface area contributed by atoms with Crippen LogP contribution in [-0.4, -0.2) is 36.2 Å². The Morgan fingerprint density at radius 1 is 1.11 bits per heavy atom. The third kappa shape index (κ3) is 4.59. The Labute approximate surface area is 167 Å². The van der Waals surface area contributed by atoms with E-state index in [4.69, 9.17) is 0 Å². The maximum atomic E-state index is 13.1. The van der Waals surface area contributed by atoms with Crippen LogP contribution in [0.15, 0.2) is 47.4 Å². The Morgan fingerprint density at radius 3 is 2.39 bits per heavy atom. The van der Waals surface area contributed by atoms with Crippen LogP contribution in [0.4, 0.5) is 5.82 Å². The van der Waals surface area contributed by atoms with E-state index in [2.05, 4.69) is 10.3 Å². The normalized spacial score (nSPS) is 15.5. The van der Waals surface area contributed by atoms with Crippen LogP contribution in [0.5, 0.6) is 0 Å². The molecule has 0 spiro atoms. The average molecular weight is 402 g/mol. The third-order valence-electron chi connectivity index (χ3n) is 5.15. The lowest BCUT2D eigenvalue weighted by Crippen LogP contribution is -2.41. The van der Waals surface area contributed by atoms with Crippen LogP contribution >= 0.6 is 0 Å². The van der Waals surface area contributed by atoms with Crippen molar-refractivity contribution in [2.45, 2.75) is 56.9 Å². The molecule has 0 radical (unpaired) electrons. The molecule has 1 aromatic carbocycles. The first-order valence-corrected chi connectivity index (χ1v) is 11.2. The predicted octanol–water partition coefficient (Wildman–Crippen LogP) is 3.99. The van der Waals surface area contributed by atoms with Crippen molar-refractivity contribution in [3.63, 3.8) is 0 Å². The first kappa shape index (κ1) is 20.5. The summed E-state index contributed by atoms with van der Waals surface area (Å²) in [5, 5.41) is 2.73. The second-order valence-corrected chi connectivity index (χ2v) is 9.03. The molecule has 28 heavy (non-hydrogen) atoms. The summed E-state index contributed by atoms with van der Waals surface area (Å²) < 4.78 is 27.8. The molecule has 150 valence electrons. The van der Waals surface area contributed by atoms with Gasteiger partial charge in [-0.05, 0) is 56.2 Å². The number of rotatable bonds is 6. The van der Waals surface area contributed by atoms with Crippen molar-refractivity contribution in [2.75, 3.05) is 11.9 Å². The SMILES string of the molecule is CCN(C1CCCCC1)S(=O)(=O)c1ccc(C(=O)Nc2cccc(C)n2)cc1.